The number of aromatic nitrogens is 1. The highest BCUT2D eigenvalue weighted by atomic mass is 32.1. The number of rotatable bonds is 3. The van der Waals surface area contributed by atoms with Gasteiger partial charge in [-0.2, -0.15) is 4.37 Å². The third-order valence-corrected chi connectivity index (χ3v) is 5.79. The number of nitrogen functional groups attached to an aromatic ring is 1. The largest absolute Gasteiger partial charge is 0.396 e. The summed E-state index contributed by atoms with van der Waals surface area (Å²) in [4.78, 5) is 17.7. The summed E-state index contributed by atoms with van der Waals surface area (Å²) in [6.45, 7) is 5.05. The zero-order valence-electron chi connectivity index (χ0n) is 15.3. The molecule has 4 rings (SSSR count). The molecule has 1 amide bonds. The number of hydrogen-bond acceptors (Lipinski definition) is 5. The van der Waals surface area contributed by atoms with Crippen LogP contribution < -0.4 is 10.6 Å². The first-order valence-electron chi connectivity index (χ1n) is 9.05. The lowest BCUT2D eigenvalue weighted by atomic mass is 10.1. The van der Waals surface area contributed by atoms with Crippen LogP contribution >= 0.6 is 11.5 Å². The molecule has 0 atom stereocenters. The van der Waals surface area contributed by atoms with Gasteiger partial charge in [-0.3, -0.25) is 4.79 Å². The Morgan fingerprint density at radius 3 is 2.33 bits per heavy atom. The Morgan fingerprint density at radius 2 is 1.67 bits per heavy atom. The summed E-state index contributed by atoms with van der Waals surface area (Å²) in [5.74, 6) is -0.0175. The molecular weight excluding hydrogens is 356 g/mol. The van der Waals surface area contributed by atoms with Crippen LogP contribution in [0.1, 0.15) is 15.2 Å². The zero-order valence-corrected chi connectivity index (χ0v) is 16.1. The Hall–Kier alpha value is -2.86. The number of piperazine rings is 1. The summed E-state index contributed by atoms with van der Waals surface area (Å²) in [6.07, 6.45) is 0. The van der Waals surface area contributed by atoms with E-state index in [2.05, 4.69) is 21.4 Å². The van der Waals surface area contributed by atoms with Crippen molar-refractivity contribution in [1.29, 1.82) is 0 Å². The molecular formula is C21H22N4OS. The molecule has 27 heavy (non-hydrogen) atoms. The van der Waals surface area contributed by atoms with Crippen LogP contribution in [0.25, 0.3) is 11.3 Å². The van der Waals surface area contributed by atoms with E-state index < -0.39 is 0 Å². The van der Waals surface area contributed by atoms with Crippen molar-refractivity contribution in [2.24, 2.45) is 0 Å². The zero-order chi connectivity index (χ0) is 18.8. The minimum atomic E-state index is -0.0175. The lowest BCUT2D eigenvalue weighted by Crippen LogP contribution is -2.48. The van der Waals surface area contributed by atoms with Crippen LogP contribution in [0, 0.1) is 6.92 Å². The van der Waals surface area contributed by atoms with Crippen LogP contribution in [0.2, 0.25) is 0 Å². The highest BCUT2D eigenvalue weighted by Gasteiger charge is 2.26. The number of para-hydroxylation sites is 1. The van der Waals surface area contributed by atoms with Gasteiger partial charge in [-0.15, -0.1) is 0 Å². The van der Waals surface area contributed by atoms with Gasteiger partial charge in [-0.1, -0.05) is 48.0 Å². The minimum absolute atomic E-state index is 0.0175. The van der Waals surface area contributed by atoms with Crippen LogP contribution in [0.5, 0.6) is 0 Å². The summed E-state index contributed by atoms with van der Waals surface area (Å²) < 4.78 is 4.45. The third kappa shape index (κ3) is 3.53. The summed E-state index contributed by atoms with van der Waals surface area (Å²) in [6, 6.07) is 18.3. The molecule has 2 N–H and O–H groups in total. The molecule has 6 heteroatoms. The maximum absolute atomic E-state index is 13.0. The Morgan fingerprint density at radius 1 is 1.00 bits per heavy atom. The number of nitrogens with zero attached hydrogens (tertiary/aromatic N) is 3. The van der Waals surface area contributed by atoms with E-state index in [1.54, 1.807) is 0 Å². The van der Waals surface area contributed by atoms with E-state index in [0.717, 1.165) is 18.7 Å². The lowest BCUT2D eigenvalue weighted by molar-refractivity contribution is 0.0752. The van der Waals surface area contributed by atoms with Crippen molar-refractivity contribution >= 4 is 28.8 Å². The highest BCUT2D eigenvalue weighted by Crippen LogP contribution is 2.32. The fourth-order valence-electron chi connectivity index (χ4n) is 3.32. The average Bonchev–Trinajstić information content (AvgIpc) is 3.10. The SMILES string of the molecule is Cc1ccc(-c2nsc(C(=O)N3CCN(c4ccccc4)CC3)c2N)cc1. The van der Waals surface area contributed by atoms with E-state index in [-0.39, 0.29) is 5.91 Å². The molecule has 0 radical (unpaired) electrons. The Balaban J connectivity index is 1.47. The minimum Gasteiger partial charge on any atom is -0.396 e. The van der Waals surface area contributed by atoms with Gasteiger partial charge in [0.2, 0.25) is 0 Å². The fraction of sp³-hybridized carbons (Fsp3) is 0.238. The van der Waals surface area contributed by atoms with Crippen molar-refractivity contribution in [2.45, 2.75) is 6.92 Å². The molecule has 1 aliphatic rings. The number of nitrogens with two attached hydrogens (primary N) is 1. The molecule has 1 aromatic heterocycles. The van der Waals surface area contributed by atoms with Gasteiger partial charge in [0, 0.05) is 37.4 Å². The highest BCUT2D eigenvalue weighted by molar-refractivity contribution is 7.09. The lowest BCUT2D eigenvalue weighted by Gasteiger charge is -2.36. The van der Waals surface area contributed by atoms with Gasteiger partial charge in [-0.05, 0) is 30.6 Å². The van der Waals surface area contributed by atoms with Crippen molar-refractivity contribution in [1.82, 2.24) is 9.27 Å². The first-order valence-corrected chi connectivity index (χ1v) is 9.82. The molecule has 0 aliphatic carbocycles. The van der Waals surface area contributed by atoms with Gasteiger partial charge in [-0.25, -0.2) is 0 Å². The molecule has 1 saturated heterocycles. The quantitative estimate of drug-likeness (QED) is 0.755. The normalized spacial score (nSPS) is 14.4. The molecule has 0 bridgehead atoms. The van der Waals surface area contributed by atoms with Crippen molar-refractivity contribution < 1.29 is 4.79 Å². The topological polar surface area (TPSA) is 62.5 Å². The van der Waals surface area contributed by atoms with Crippen LogP contribution in [0.3, 0.4) is 0 Å². The summed E-state index contributed by atoms with van der Waals surface area (Å²) in [7, 11) is 0. The molecule has 5 nitrogen and oxygen atoms in total. The number of amides is 1. The smallest absolute Gasteiger partial charge is 0.267 e. The predicted molar refractivity (Wildman–Crippen MR) is 111 cm³/mol. The van der Waals surface area contributed by atoms with Gasteiger partial charge < -0.3 is 15.5 Å². The maximum Gasteiger partial charge on any atom is 0.267 e. The summed E-state index contributed by atoms with van der Waals surface area (Å²) in [5, 5.41) is 0. The molecule has 2 aromatic carbocycles. The molecule has 138 valence electrons. The van der Waals surface area contributed by atoms with Crippen molar-refractivity contribution in [3.63, 3.8) is 0 Å². The number of hydrogen-bond donors (Lipinski definition) is 1. The first kappa shape index (κ1) is 17.5. The number of benzene rings is 2. The number of carbonyl (C=O) groups excluding carboxylic acids is 1. The van der Waals surface area contributed by atoms with E-state index in [9.17, 15) is 4.79 Å². The average molecular weight is 379 g/mol. The van der Waals surface area contributed by atoms with Gasteiger partial charge in [0.25, 0.3) is 5.91 Å². The van der Waals surface area contributed by atoms with Crippen LogP contribution in [-0.4, -0.2) is 41.4 Å². The summed E-state index contributed by atoms with van der Waals surface area (Å²) >= 11 is 1.19. The first-order chi connectivity index (χ1) is 13.1. The monoisotopic (exact) mass is 378 g/mol. The molecule has 2 heterocycles. The number of carbonyl (C=O) groups is 1. The van der Waals surface area contributed by atoms with E-state index in [0.29, 0.717) is 29.3 Å². The van der Waals surface area contributed by atoms with Crippen LogP contribution in [-0.2, 0) is 0 Å². The second-order valence-corrected chi connectivity index (χ2v) is 7.53. The molecule has 1 aliphatic heterocycles. The maximum atomic E-state index is 13.0. The van der Waals surface area contributed by atoms with Gasteiger partial charge in [0.1, 0.15) is 10.6 Å². The van der Waals surface area contributed by atoms with Gasteiger partial charge >= 0.3 is 0 Å². The van der Waals surface area contributed by atoms with E-state index >= 15 is 0 Å². The summed E-state index contributed by atoms with van der Waals surface area (Å²) in [5.41, 5.74) is 10.8. The van der Waals surface area contributed by atoms with E-state index in [1.165, 1.54) is 22.8 Å². The van der Waals surface area contributed by atoms with Crippen LogP contribution in [0.15, 0.2) is 54.6 Å². The van der Waals surface area contributed by atoms with Crippen molar-refractivity contribution in [3.8, 4) is 11.3 Å². The Bertz CT molecular complexity index is 929. The second-order valence-electron chi connectivity index (χ2n) is 6.75. The van der Waals surface area contributed by atoms with Crippen LogP contribution in [0.4, 0.5) is 11.4 Å². The van der Waals surface area contributed by atoms with Crippen molar-refractivity contribution in [3.05, 3.63) is 65.0 Å². The predicted octanol–water partition coefficient (Wildman–Crippen LogP) is 3.66. The molecule has 1 fully saturated rings. The Kier molecular flexibility index (Phi) is 4.81. The second kappa shape index (κ2) is 7.40. The molecule has 0 unspecified atom stereocenters. The molecule has 3 aromatic rings. The van der Waals surface area contributed by atoms with E-state index in [4.69, 9.17) is 5.73 Å². The van der Waals surface area contributed by atoms with Gasteiger partial charge in [0.15, 0.2) is 0 Å². The third-order valence-electron chi connectivity index (χ3n) is 4.94. The van der Waals surface area contributed by atoms with Crippen molar-refractivity contribution in [2.75, 3.05) is 36.8 Å². The Labute approximate surface area is 163 Å². The van der Waals surface area contributed by atoms with Gasteiger partial charge in [0.05, 0.1) is 5.69 Å². The van der Waals surface area contributed by atoms with E-state index in [1.807, 2.05) is 54.3 Å². The number of aryl methyl sites for hydroxylation is 1. The standard InChI is InChI=1S/C21H22N4OS/c1-15-7-9-16(10-8-15)19-18(22)20(27-23-19)21(26)25-13-11-24(12-14-25)17-5-3-2-4-6-17/h2-10H,11-14,22H2,1H3. The fourth-order valence-corrected chi connectivity index (χ4v) is 4.11. The molecule has 0 spiro atoms. The molecule has 0 saturated carbocycles. The number of anilines is 2.